The van der Waals surface area contributed by atoms with Gasteiger partial charge in [0, 0.05) is 10.3 Å². The van der Waals surface area contributed by atoms with E-state index in [9.17, 15) is 4.79 Å². The lowest BCUT2D eigenvalue weighted by molar-refractivity contribution is 0.0955. The summed E-state index contributed by atoms with van der Waals surface area (Å²) in [6, 6.07) is 5.50. The van der Waals surface area contributed by atoms with E-state index in [1.807, 2.05) is 43.5 Å². The van der Waals surface area contributed by atoms with Gasteiger partial charge in [0.1, 0.15) is 5.76 Å². The molecule has 4 nitrogen and oxygen atoms in total. The second kappa shape index (κ2) is 6.15. The number of hydrogen-bond donors (Lipinski definition) is 1. The first kappa shape index (κ1) is 13.3. The van der Waals surface area contributed by atoms with Crippen LogP contribution in [0.2, 0.25) is 0 Å². The van der Waals surface area contributed by atoms with Crippen molar-refractivity contribution in [2.45, 2.75) is 13.8 Å². The second-order valence-electron chi connectivity index (χ2n) is 4.05. The molecule has 0 saturated carbocycles. The van der Waals surface area contributed by atoms with Crippen LogP contribution in [-0.4, -0.2) is 12.1 Å². The quantitative estimate of drug-likeness (QED) is 0.685. The molecule has 0 aliphatic rings. The molecular weight excluding hydrogens is 260 g/mol. The van der Waals surface area contributed by atoms with E-state index in [2.05, 4.69) is 10.5 Å². The van der Waals surface area contributed by atoms with Crippen LogP contribution in [0.1, 0.15) is 27.9 Å². The van der Waals surface area contributed by atoms with Crippen LogP contribution in [0.4, 0.5) is 0 Å². The summed E-state index contributed by atoms with van der Waals surface area (Å²) in [5.74, 6) is 0.551. The molecule has 1 N–H and O–H groups in total. The molecule has 0 unspecified atom stereocenters. The van der Waals surface area contributed by atoms with E-state index in [0.29, 0.717) is 5.56 Å². The number of rotatable bonds is 4. The first-order chi connectivity index (χ1) is 9.15. The second-order valence-corrected chi connectivity index (χ2v) is 5.16. The molecule has 1 amide bonds. The van der Waals surface area contributed by atoms with Crippen molar-refractivity contribution in [3.63, 3.8) is 0 Å². The number of hydrazone groups is 1. The highest BCUT2D eigenvalue weighted by molar-refractivity contribution is 7.10. The molecular formula is C14H14N2O2S. The molecule has 0 spiro atoms. The zero-order valence-corrected chi connectivity index (χ0v) is 11.5. The lowest BCUT2D eigenvalue weighted by Gasteiger charge is -1.95. The van der Waals surface area contributed by atoms with E-state index in [4.69, 9.17) is 4.42 Å². The summed E-state index contributed by atoms with van der Waals surface area (Å²) in [6.45, 7) is 3.84. The van der Waals surface area contributed by atoms with Gasteiger partial charge in [-0.3, -0.25) is 4.79 Å². The molecule has 2 aromatic rings. The number of carbonyl (C=O) groups is 1. The van der Waals surface area contributed by atoms with Gasteiger partial charge < -0.3 is 4.42 Å². The summed E-state index contributed by atoms with van der Waals surface area (Å²) in [6.07, 6.45) is 5.03. The average molecular weight is 274 g/mol. The van der Waals surface area contributed by atoms with Crippen LogP contribution in [0.15, 0.2) is 44.9 Å². The Kier molecular flexibility index (Phi) is 4.30. The molecule has 0 fully saturated rings. The number of thiophene rings is 1. The van der Waals surface area contributed by atoms with Gasteiger partial charge in [-0.15, -0.1) is 11.3 Å². The SMILES string of the molecule is CC(/C=N\NC(=O)c1csc(C)c1)=C\c1ccco1. The third-order valence-corrected chi connectivity index (χ3v) is 3.20. The highest BCUT2D eigenvalue weighted by Gasteiger charge is 2.05. The number of carbonyl (C=O) groups excluding carboxylic acids is 1. The summed E-state index contributed by atoms with van der Waals surface area (Å²) in [5, 5.41) is 5.72. The first-order valence-electron chi connectivity index (χ1n) is 5.75. The number of nitrogens with one attached hydrogen (secondary N) is 1. The molecule has 2 rings (SSSR count). The van der Waals surface area contributed by atoms with Crippen molar-refractivity contribution in [2.24, 2.45) is 5.10 Å². The van der Waals surface area contributed by atoms with Crippen LogP contribution in [0, 0.1) is 6.92 Å². The fraction of sp³-hybridized carbons (Fsp3) is 0.143. The van der Waals surface area contributed by atoms with Gasteiger partial charge in [0.15, 0.2) is 0 Å². The highest BCUT2D eigenvalue weighted by atomic mass is 32.1. The van der Waals surface area contributed by atoms with Gasteiger partial charge in [0.25, 0.3) is 5.91 Å². The highest BCUT2D eigenvalue weighted by Crippen LogP contribution is 2.12. The Hall–Kier alpha value is -2.14. The van der Waals surface area contributed by atoms with Crippen LogP contribution < -0.4 is 5.43 Å². The lowest BCUT2D eigenvalue weighted by atomic mass is 10.3. The smallest absolute Gasteiger partial charge is 0.272 e. The molecule has 0 radical (unpaired) electrons. The van der Waals surface area contributed by atoms with Crippen LogP contribution in [-0.2, 0) is 0 Å². The maximum Gasteiger partial charge on any atom is 0.272 e. The number of allylic oxidation sites excluding steroid dienone is 1. The molecule has 0 aromatic carbocycles. The van der Waals surface area contributed by atoms with Crippen LogP contribution >= 0.6 is 11.3 Å². The summed E-state index contributed by atoms with van der Waals surface area (Å²) in [5.41, 5.74) is 4.01. The summed E-state index contributed by atoms with van der Waals surface area (Å²) < 4.78 is 5.18. The zero-order valence-electron chi connectivity index (χ0n) is 10.7. The van der Waals surface area contributed by atoms with Gasteiger partial charge in [0.05, 0.1) is 18.0 Å². The van der Waals surface area contributed by atoms with E-state index in [0.717, 1.165) is 16.2 Å². The first-order valence-corrected chi connectivity index (χ1v) is 6.63. The molecule has 0 aliphatic carbocycles. The Morgan fingerprint density at radius 2 is 2.37 bits per heavy atom. The van der Waals surface area contributed by atoms with E-state index in [-0.39, 0.29) is 5.91 Å². The van der Waals surface area contributed by atoms with E-state index in [1.54, 1.807) is 12.5 Å². The van der Waals surface area contributed by atoms with Crippen molar-refractivity contribution < 1.29 is 9.21 Å². The summed E-state index contributed by atoms with van der Waals surface area (Å²) in [7, 11) is 0. The van der Waals surface area contributed by atoms with Crippen LogP contribution in [0.3, 0.4) is 0 Å². The molecule has 0 aliphatic heterocycles. The minimum absolute atomic E-state index is 0.202. The minimum Gasteiger partial charge on any atom is -0.465 e. The molecule has 0 atom stereocenters. The summed E-state index contributed by atoms with van der Waals surface area (Å²) in [4.78, 5) is 12.8. The Labute approximate surface area is 115 Å². The van der Waals surface area contributed by atoms with Crippen molar-refractivity contribution in [3.05, 3.63) is 51.6 Å². The number of hydrogen-bond acceptors (Lipinski definition) is 4. The predicted molar refractivity (Wildman–Crippen MR) is 77.4 cm³/mol. The monoisotopic (exact) mass is 274 g/mol. The molecule has 0 bridgehead atoms. The Morgan fingerprint density at radius 1 is 1.53 bits per heavy atom. The molecule has 2 heterocycles. The fourth-order valence-electron chi connectivity index (χ4n) is 1.45. The fourth-order valence-corrected chi connectivity index (χ4v) is 2.14. The van der Waals surface area contributed by atoms with E-state index < -0.39 is 0 Å². The number of amides is 1. The van der Waals surface area contributed by atoms with Crippen molar-refractivity contribution >= 4 is 29.5 Å². The molecule has 19 heavy (non-hydrogen) atoms. The number of aryl methyl sites for hydroxylation is 1. The Balaban J connectivity index is 1.91. The van der Waals surface area contributed by atoms with Crippen molar-refractivity contribution in [2.75, 3.05) is 0 Å². The third kappa shape index (κ3) is 3.93. The van der Waals surface area contributed by atoms with Crippen molar-refractivity contribution in [1.82, 2.24) is 5.43 Å². The topological polar surface area (TPSA) is 54.6 Å². The van der Waals surface area contributed by atoms with Crippen molar-refractivity contribution in [1.29, 1.82) is 0 Å². The largest absolute Gasteiger partial charge is 0.465 e. The molecule has 2 aromatic heterocycles. The van der Waals surface area contributed by atoms with Gasteiger partial charge in [-0.25, -0.2) is 5.43 Å². The maximum atomic E-state index is 11.7. The van der Waals surface area contributed by atoms with Crippen molar-refractivity contribution in [3.8, 4) is 0 Å². The average Bonchev–Trinajstić information content (AvgIpc) is 3.00. The lowest BCUT2D eigenvalue weighted by Crippen LogP contribution is -2.16. The van der Waals surface area contributed by atoms with Gasteiger partial charge in [-0.2, -0.15) is 5.10 Å². The van der Waals surface area contributed by atoms with E-state index in [1.165, 1.54) is 11.3 Å². The van der Waals surface area contributed by atoms with Crippen LogP contribution in [0.5, 0.6) is 0 Å². The Morgan fingerprint density at radius 3 is 3.00 bits per heavy atom. The van der Waals surface area contributed by atoms with Crippen LogP contribution in [0.25, 0.3) is 6.08 Å². The third-order valence-electron chi connectivity index (χ3n) is 2.34. The number of nitrogens with zero attached hydrogens (tertiary/aromatic N) is 1. The predicted octanol–water partition coefficient (Wildman–Crippen LogP) is 3.47. The standard InChI is InChI=1S/C14H14N2O2S/c1-10(6-13-4-3-5-18-13)8-15-16-14(17)12-7-11(2)19-9-12/h3-9H,1-2H3,(H,16,17)/b10-6+,15-8-. The Bertz CT molecular complexity index is 609. The van der Waals surface area contributed by atoms with Gasteiger partial charge in [0.2, 0.25) is 0 Å². The van der Waals surface area contributed by atoms with Gasteiger partial charge in [-0.05, 0) is 43.7 Å². The molecule has 5 heteroatoms. The maximum absolute atomic E-state index is 11.7. The van der Waals surface area contributed by atoms with E-state index >= 15 is 0 Å². The zero-order chi connectivity index (χ0) is 13.7. The molecule has 98 valence electrons. The number of furan rings is 1. The van der Waals surface area contributed by atoms with Gasteiger partial charge >= 0.3 is 0 Å². The normalized spacial score (nSPS) is 12.0. The van der Waals surface area contributed by atoms with Gasteiger partial charge in [-0.1, -0.05) is 0 Å². The molecule has 0 saturated heterocycles. The summed E-state index contributed by atoms with van der Waals surface area (Å²) >= 11 is 1.54. The minimum atomic E-state index is -0.202.